The zero-order valence-electron chi connectivity index (χ0n) is 23.3. The molecule has 1 aromatic heterocycles. The first-order valence-corrected chi connectivity index (χ1v) is 14.6. The van der Waals surface area contributed by atoms with E-state index in [0.717, 1.165) is 34.6 Å². The summed E-state index contributed by atoms with van der Waals surface area (Å²) in [5, 5.41) is 2.06. The van der Waals surface area contributed by atoms with E-state index in [1.54, 1.807) is 31.0 Å². The van der Waals surface area contributed by atoms with Crippen LogP contribution in [0, 0.1) is 0 Å². The molecule has 0 aliphatic carbocycles. The summed E-state index contributed by atoms with van der Waals surface area (Å²) < 4.78 is 58.9. The van der Waals surface area contributed by atoms with E-state index in [-0.39, 0.29) is 0 Å². The smallest absolute Gasteiger partial charge is 0.451 e. The Kier molecular flexibility index (Phi) is 8.57. The van der Waals surface area contributed by atoms with Crippen LogP contribution >= 0.6 is 23.4 Å². The molecule has 2 atom stereocenters. The van der Waals surface area contributed by atoms with Crippen LogP contribution in [-0.4, -0.2) is 53.4 Å². The first kappa shape index (κ1) is 30.6. The lowest BCUT2D eigenvalue weighted by atomic mass is 9.94. The largest absolute Gasteiger partial charge is 0.511 e. The van der Waals surface area contributed by atoms with Crippen molar-refractivity contribution in [1.29, 1.82) is 0 Å². The van der Waals surface area contributed by atoms with Crippen molar-refractivity contribution >= 4 is 35.4 Å². The number of halogens is 4. The van der Waals surface area contributed by atoms with E-state index in [2.05, 4.69) is 0 Å². The highest BCUT2D eigenvalue weighted by atomic mass is 35.5. The van der Waals surface area contributed by atoms with Crippen molar-refractivity contribution in [1.82, 2.24) is 9.58 Å². The lowest BCUT2D eigenvalue weighted by Crippen LogP contribution is -2.60. The van der Waals surface area contributed by atoms with Gasteiger partial charge in [-0.1, -0.05) is 41.9 Å². The molecule has 3 heterocycles. The minimum Gasteiger partial charge on any atom is -0.451 e. The molecule has 0 saturated heterocycles. The van der Waals surface area contributed by atoms with Gasteiger partial charge in [0, 0.05) is 27.9 Å². The van der Waals surface area contributed by atoms with Crippen LogP contribution in [0.5, 0.6) is 5.75 Å². The van der Waals surface area contributed by atoms with E-state index >= 15 is 0 Å². The summed E-state index contributed by atoms with van der Waals surface area (Å²) in [7, 11) is 0. The molecule has 0 spiro atoms. The maximum Gasteiger partial charge on any atom is 0.511 e. The van der Waals surface area contributed by atoms with Crippen LogP contribution in [0.3, 0.4) is 0 Å². The molecule has 14 heteroatoms. The summed E-state index contributed by atoms with van der Waals surface area (Å²) in [6, 6.07) is 11.0. The summed E-state index contributed by atoms with van der Waals surface area (Å²) in [4.78, 5) is 40.1. The number of hydrogen-bond donors (Lipinski definition) is 0. The van der Waals surface area contributed by atoms with Gasteiger partial charge in [0.15, 0.2) is 5.69 Å². The van der Waals surface area contributed by atoms with Gasteiger partial charge in [0.1, 0.15) is 12.7 Å². The highest BCUT2D eigenvalue weighted by Gasteiger charge is 2.48. The number of fused-ring (bicyclic) bond motifs is 3. The molecule has 0 saturated carbocycles. The number of thioether (sulfide) groups is 1. The Morgan fingerprint density at radius 1 is 1.07 bits per heavy atom. The quantitative estimate of drug-likeness (QED) is 0.237. The molecule has 2 aromatic carbocycles. The SMILES string of the molecule is CC(C)OC(=O)OCOc1c2n(ccc1=O)N([C@@H]1c3ccccc3SCc3c(Cl)cccc31)CN([C@H](C)C(F)(F)F)C2=O. The van der Waals surface area contributed by atoms with Crippen molar-refractivity contribution in [3.63, 3.8) is 0 Å². The Bertz CT molecular complexity index is 1620. The molecule has 228 valence electrons. The van der Waals surface area contributed by atoms with Gasteiger partial charge < -0.3 is 19.1 Å². The average Bonchev–Trinajstić information content (AvgIpc) is 3.11. The van der Waals surface area contributed by atoms with Gasteiger partial charge in [-0.25, -0.2) is 4.79 Å². The van der Waals surface area contributed by atoms with Gasteiger partial charge >= 0.3 is 12.3 Å². The number of benzene rings is 2. The molecule has 5 rings (SSSR count). The summed E-state index contributed by atoms with van der Waals surface area (Å²) in [5.41, 5.74) is 1.05. The third-order valence-corrected chi connectivity index (χ3v) is 8.53. The Morgan fingerprint density at radius 2 is 1.79 bits per heavy atom. The number of hydrogen-bond acceptors (Lipinski definition) is 8. The minimum atomic E-state index is -4.78. The van der Waals surface area contributed by atoms with Crippen molar-refractivity contribution in [2.75, 3.05) is 18.5 Å². The fourth-order valence-corrected chi connectivity index (χ4v) is 6.46. The molecule has 0 bridgehead atoms. The molecular weight excluding hydrogens is 611 g/mol. The van der Waals surface area contributed by atoms with Crippen molar-refractivity contribution in [3.8, 4) is 5.75 Å². The Labute approximate surface area is 254 Å². The summed E-state index contributed by atoms with van der Waals surface area (Å²) in [6.45, 7) is 2.77. The van der Waals surface area contributed by atoms with Crippen LogP contribution in [0.25, 0.3) is 0 Å². The molecule has 0 N–H and O–H groups in total. The van der Waals surface area contributed by atoms with E-state index < -0.39 is 66.8 Å². The number of carbonyl (C=O) groups is 2. The fraction of sp³-hybridized carbons (Fsp3) is 0.345. The van der Waals surface area contributed by atoms with E-state index in [1.807, 2.05) is 30.3 Å². The monoisotopic (exact) mass is 637 g/mol. The van der Waals surface area contributed by atoms with Crippen LogP contribution < -0.4 is 15.2 Å². The average molecular weight is 638 g/mol. The lowest BCUT2D eigenvalue weighted by molar-refractivity contribution is -0.173. The number of nitrogens with zero attached hydrogens (tertiary/aromatic N) is 3. The molecule has 9 nitrogen and oxygen atoms in total. The molecule has 43 heavy (non-hydrogen) atoms. The maximum atomic E-state index is 14.1. The molecule has 3 aromatic rings. The number of ether oxygens (including phenoxy) is 3. The number of alkyl halides is 3. The van der Waals surface area contributed by atoms with Crippen LogP contribution in [0.4, 0.5) is 18.0 Å². The highest BCUT2D eigenvalue weighted by Crippen LogP contribution is 2.45. The summed E-state index contributed by atoms with van der Waals surface area (Å²) in [6.07, 6.45) is -5.04. The molecule has 2 aliphatic heterocycles. The fourth-order valence-electron chi connectivity index (χ4n) is 4.99. The molecule has 0 radical (unpaired) electrons. The first-order valence-electron chi connectivity index (χ1n) is 13.2. The van der Waals surface area contributed by atoms with Gasteiger partial charge in [0.25, 0.3) is 5.91 Å². The maximum absolute atomic E-state index is 14.1. The Hall–Kier alpha value is -3.84. The number of pyridine rings is 1. The second-order valence-electron chi connectivity index (χ2n) is 10.1. The standard InChI is InChI=1S/C29H27ClF3N3O6S/c1-16(2)42-28(39)41-15-40-26-22(37)11-12-35-25(26)27(38)34(17(3)29(31,32)33)14-36(35)24-18-8-6-9-21(30)20(18)13-43-23-10-5-4-7-19(23)24/h4-12,16-17,24H,13-15H2,1-3H3/t17-,24+/m1/s1. The third-order valence-electron chi connectivity index (χ3n) is 7.06. The predicted octanol–water partition coefficient (Wildman–Crippen LogP) is 6.10. The van der Waals surface area contributed by atoms with Crippen LogP contribution in [0.2, 0.25) is 5.02 Å². The number of carbonyl (C=O) groups excluding carboxylic acids is 2. The van der Waals surface area contributed by atoms with Crippen LogP contribution in [0.15, 0.2) is 64.4 Å². The molecule has 2 aliphatic rings. The van der Waals surface area contributed by atoms with E-state index in [0.29, 0.717) is 15.7 Å². The zero-order chi connectivity index (χ0) is 31.1. The van der Waals surface area contributed by atoms with Crippen LogP contribution in [0.1, 0.15) is 54.0 Å². The number of aromatic nitrogens is 1. The van der Waals surface area contributed by atoms with Gasteiger partial charge in [0.05, 0.1) is 12.1 Å². The van der Waals surface area contributed by atoms with E-state index in [1.165, 1.54) is 22.6 Å². The van der Waals surface area contributed by atoms with E-state index in [9.17, 15) is 27.6 Å². The third kappa shape index (κ3) is 6.00. The van der Waals surface area contributed by atoms with Gasteiger partial charge in [-0.3, -0.25) is 19.3 Å². The minimum absolute atomic E-state index is 0.450. The van der Waals surface area contributed by atoms with Crippen molar-refractivity contribution in [2.24, 2.45) is 0 Å². The number of amides is 1. The predicted molar refractivity (Wildman–Crippen MR) is 153 cm³/mol. The highest BCUT2D eigenvalue weighted by molar-refractivity contribution is 7.98. The van der Waals surface area contributed by atoms with Gasteiger partial charge in [-0.2, -0.15) is 13.2 Å². The molecule has 1 amide bonds. The number of rotatable bonds is 6. The topological polar surface area (TPSA) is 90.3 Å². The summed E-state index contributed by atoms with van der Waals surface area (Å²) >= 11 is 8.15. The van der Waals surface area contributed by atoms with Gasteiger partial charge in [-0.15, -0.1) is 11.8 Å². The molecule has 0 fully saturated rings. The van der Waals surface area contributed by atoms with Crippen molar-refractivity contribution in [2.45, 2.75) is 55.8 Å². The first-order chi connectivity index (χ1) is 20.4. The van der Waals surface area contributed by atoms with Gasteiger partial charge in [-0.05, 0) is 49.6 Å². The zero-order valence-corrected chi connectivity index (χ0v) is 24.8. The molecular formula is C29H27ClF3N3O6S. The summed E-state index contributed by atoms with van der Waals surface area (Å²) in [5.74, 6) is -1.15. The second-order valence-corrected chi connectivity index (χ2v) is 11.6. The van der Waals surface area contributed by atoms with E-state index in [4.69, 9.17) is 25.8 Å². The van der Waals surface area contributed by atoms with Crippen LogP contribution in [-0.2, 0) is 15.2 Å². The Morgan fingerprint density at radius 3 is 2.51 bits per heavy atom. The normalized spacial score (nSPS) is 17.0. The van der Waals surface area contributed by atoms with Crippen molar-refractivity contribution in [3.05, 3.63) is 92.4 Å². The lowest BCUT2D eigenvalue weighted by Gasteiger charge is -2.46. The molecule has 0 unspecified atom stereocenters. The van der Waals surface area contributed by atoms with Gasteiger partial charge in [0.2, 0.25) is 18.0 Å². The Balaban J connectivity index is 1.68. The van der Waals surface area contributed by atoms with Crippen molar-refractivity contribution < 1.29 is 37.0 Å². The second kappa shape index (κ2) is 12.0.